The summed E-state index contributed by atoms with van der Waals surface area (Å²) >= 11 is 0. The van der Waals surface area contributed by atoms with Gasteiger partial charge in [-0.25, -0.2) is 0 Å². The summed E-state index contributed by atoms with van der Waals surface area (Å²) in [7, 11) is 3.40. The van der Waals surface area contributed by atoms with Crippen LogP contribution in [0.15, 0.2) is 60.7 Å². The van der Waals surface area contributed by atoms with E-state index in [1.165, 1.54) is 7.11 Å². The number of nitrogens with one attached hydrogen (secondary N) is 1. The number of amides is 1. The van der Waals surface area contributed by atoms with Crippen LogP contribution in [0.25, 0.3) is 0 Å². The van der Waals surface area contributed by atoms with Gasteiger partial charge < -0.3 is 24.4 Å². The number of hydrogen-bond acceptors (Lipinski definition) is 6. The molecule has 0 saturated carbocycles. The highest BCUT2D eigenvalue weighted by Gasteiger charge is 2.23. The van der Waals surface area contributed by atoms with Gasteiger partial charge >= 0.3 is 5.97 Å². The fraction of sp³-hybridized carbons (Fsp3) is 0.286. The van der Waals surface area contributed by atoms with Gasteiger partial charge in [-0.2, -0.15) is 0 Å². The Hall–Kier alpha value is -4.00. The SMILES string of the molecule is COC(=O)Cc1ccc(C)c(NC(=O)c2ccc(OC[C@@H]3CN(C)c4ccccc4O3)cc2C)c1. The van der Waals surface area contributed by atoms with Gasteiger partial charge in [-0.15, -0.1) is 0 Å². The van der Waals surface area contributed by atoms with E-state index in [-0.39, 0.29) is 24.4 Å². The third-order valence-corrected chi connectivity index (χ3v) is 6.05. The van der Waals surface area contributed by atoms with Gasteiger partial charge in [0.05, 0.1) is 25.8 Å². The first-order chi connectivity index (χ1) is 16.8. The van der Waals surface area contributed by atoms with Crippen LogP contribution in [0.4, 0.5) is 11.4 Å². The molecule has 1 aliphatic rings. The maximum absolute atomic E-state index is 13.0. The molecule has 3 aromatic rings. The number of para-hydroxylation sites is 2. The Balaban J connectivity index is 1.39. The number of aryl methyl sites for hydroxylation is 2. The van der Waals surface area contributed by atoms with Crippen LogP contribution in [-0.4, -0.2) is 45.3 Å². The van der Waals surface area contributed by atoms with Crippen molar-refractivity contribution in [2.24, 2.45) is 0 Å². The van der Waals surface area contributed by atoms with Crippen LogP contribution in [0.1, 0.15) is 27.0 Å². The molecule has 7 nitrogen and oxygen atoms in total. The number of benzene rings is 3. The molecule has 0 unspecified atom stereocenters. The summed E-state index contributed by atoms with van der Waals surface area (Å²) in [6, 6.07) is 18.9. The second-order valence-corrected chi connectivity index (χ2v) is 8.73. The number of carbonyl (C=O) groups excluding carboxylic acids is 2. The second kappa shape index (κ2) is 10.5. The van der Waals surface area contributed by atoms with Crippen LogP contribution >= 0.6 is 0 Å². The molecular formula is C28H30N2O5. The Morgan fingerprint density at radius 2 is 1.86 bits per heavy atom. The molecule has 1 atom stereocenters. The molecule has 182 valence electrons. The van der Waals surface area contributed by atoms with E-state index in [1.54, 1.807) is 18.2 Å². The molecule has 3 aromatic carbocycles. The number of fused-ring (bicyclic) bond motifs is 1. The molecule has 0 spiro atoms. The van der Waals surface area contributed by atoms with Crippen molar-refractivity contribution in [3.8, 4) is 11.5 Å². The van der Waals surface area contributed by atoms with Crippen LogP contribution in [0.2, 0.25) is 0 Å². The van der Waals surface area contributed by atoms with Gasteiger partial charge in [-0.3, -0.25) is 9.59 Å². The van der Waals surface area contributed by atoms with E-state index >= 15 is 0 Å². The van der Waals surface area contributed by atoms with E-state index in [0.717, 1.165) is 34.7 Å². The van der Waals surface area contributed by atoms with E-state index in [0.29, 0.717) is 23.6 Å². The Labute approximate surface area is 205 Å². The summed E-state index contributed by atoms with van der Waals surface area (Å²) in [4.78, 5) is 26.7. The van der Waals surface area contributed by atoms with Gasteiger partial charge in [0, 0.05) is 18.3 Å². The highest BCUT2D eigenvalue weighted by Crippen LogP contribution is 2.32. The summed E-state index contributed by atoms with van der Waals surface area (Å²) in [5.74, 6) is 0.984. The molecule has 0 saturated heterocycles. The van der Waals surface area contributed by atoms with E-state index < -0.39 is 0 Å². The number of ether oxygens (including phenoxy) is 3. The van der Waals surface area contributed by atoms with Crippen LogP contribution in [-0.2, 0) is 16.0 Å². The molecule has 0 fully saturated rings. The Kier molecular flexibility index (Phi) is 7.25. The van der Waals surface area contributed by atoms with Gasteiger partial charge in [0.25, 0.3) is 5.91 Å². The van der Waals surface area contributed by atoms with Crippen molar-refractivity contribution >= 4 is 23.3 Å². The van der Waals surface area contributed by atoms with Crippen molar-refractivity contribution in [1.29, 1.82) is 0 Å². The predicted molar refractivity (Wildman–Crippen MR) is 136 cm³/mol. The monoisotopic (exact) mass is 474 g/mol. The average molecular weight is 475 g/mol. The molecule has 4 rings (SSSR count). The summed E-state index contributed by atoms with van der Waals surface area (Å²) in [6.45, 7) is 4.91. The number of carbonyl (C=O) groups is 2. The third kappa shape index (κ3) is 5.74. The lowest BCUT2D eigenvalue weighted by Crippen LogP contribution is -2.41. The molecule has 0 radical (unpaired) electrons. The summed E-state index contributed by atoms with van der Waals surface area (Å²) in [6.07, 6.45) is 0.0509. The van der Waals surface area contributed by atoms with E-state index in [2.05, 4.69) is 10.2 Å². The Bertz CT molecular complexity index is 1240. The zero-order chi connectivity index (χ0) is 24.9. The fourth-order valence-corrected chi connectivity index (χ4v) is 4.09. The van der Waals surface area contributed by atoms with Gasteiger partial charge in [-0.1, -0.05) is 24.3 Å². The molecule has 0 aliphatic carbocycles. The summed E-state index contributed by atoms with van der Waals surface area (Å²) < 4.78 is 16.8. The largest absolute Gasteiger partial charge is 0.490 e. The van der Waals surface area contributed by atoms with Crippen molar-refractivity contribution in [1.82, 2.24) is 0 Å². The maximum Gasteiger partial charge on any atom is 0.309 e. The minimum atomic E-state index is -0.327. The lowest BCUT2D eigenvalue weighted by atomic mass is 10.1. The van der Waals surface area contributed by atoms with Crippen LogP contribution in [0.5, 0.6) is 11.5 Å². The summed E-state index contributed by atoms with van der Waals surface area (Å²) in [5.41, 5.74) is 4.77. The zero-order valence-corrected chi connectivity index (χ0v) is 20.5. The second-order valence-electron chi connectivity index (χ2n) is 8.73. The number of methoxy groups -OCH3 is 1. The number of rotatable bonds is 7. The van der Waals surface area contributed by atoms with E-state index in [9.17, 15) is 9.59 Å². The number of esters is 1. The maximum atomic E-state index is 13.0. The van der Waals surface area contributed by atoms with Crippen molar-refractivity contribution in [2.75, 3.05) is 37.5 Å². The van der Waals surface area contributed by atoms with Gasteiger partial charge in [-0.05, 0) is 66.9 Å². The van der Waals surface area contributed by atoms with Crippen molar-refractivity contribution in [3.05, 3.63) is 82.9 Å². The van der Waals surface area contributed by atoms with Gasteiger partial charge in [0.2, 0.25) is 0 Å². The molecule has 35 heavy (non-hydrogen) atoms. The van der Waals surface area contributed by atoms with Crippen LogP contribution in [0, 0.1) is 13.8 Å². The highest BCUT2D eigenvalue weighted by molar-refractivity contribution is 6.05. The minimum Gasteiger partial charge on any atom is -0.490 e. The van der Waals surface area contributed by atoms with E-state index in [1.807, 2.05) is 63.4 Å². The first-order valence-electron chi connectivity index (χ1n) is 11.5. The minimum absolute atomic E-state index is 0.0987. The highest BCUT2D eigenvalue weighted by atomic mass is 16.5. The van der Waals surface area contributed by atoms with Crippen molar-refractivity contribution in [2.45, 2.75) is 26.4 Å². The van der Waals surface area contributed by atoms with Crippen molar-refractivity contribution in [3.63, 3.8) is 0 Å². The molecule has 1 heterocycles. The Morgan fingerprint density at radius 3 is 2.63 bits per heavy atom. The summed E-state index contributed by atoms with van der Waals surface area (Å²) in [5, 5.41) is 2.96. The number of anilines is 2. The first kappa shape index (κ1) is 24.1. The standard InChI is InChI=1S/C28H30N2O5/c1-18-9-10-20(15-27(31)33-4)14-24(18)29-28(32)23-12-11-21(13-19(23)2)34-17-22-16-30(3)25-7-5-6-8-26(25)35-22/h5-14,22H,15-17H2,1-4H3,(H,29,32)/t22-/m0/s1. The Morgan fingerprint density at radius 1 is 1.06 bits per heavy atom. The lowest BCUT2D eigenvalue weighted by molar-refractivity contribution is -0.139. The number of hydrogen-bond donors (Lipinski definition) is 1. The molecular weight excluding hydrogens is 444 g/mol. The van der Waals surface area contributed by atoms with Crippen LogP contribution < -0.4 is 19.7 Å². The fourth-order valence-electron chi connectivity index (χ4n) is 4.09. The van der Waals surface area contributed by atoms with Crippen molar-refractivity contribution < 1.29 is 23.8 Å². The first-order valence-corrected chi connectivity index (χ1v) is 11.5. The molecule has 1 aliphatic heterocycles. The third-order valence-electron chi connectivity index (χ3n) is 6.05. The number of nitrogens with zero attached hydrogens (tertiary/aromatic N) is 1. The van der Waals surface area contributed by atoms with Crippen LogP contribution in [0.3, 0.4) is 0 Å². The molecule has 0 bridgehead atoms. The topological polar surface area (TPSA) is 77.1 Å². The quantitative estimate of drug-likeness (QED) is 0.507. The lowest BCUT2D eigenvalue weighted by Gasteiger charge is -2.33. The molecule has 7 heteroatoms. The zero-order valence-electron chi connectivity index (χ0n) is 20.5. The van der Waals surface area contributed by atoms with Gasteiger partial charge in [0.15, 0.2) is 0 Å². The van der Waals surface area contributed by atoms with Gasteiger partial charge in [0.1, 0.15) is 24.2 Å². The average Bonchev–Trinajstić information content (AvgIpc) is 2.84. The molecule has 0 aromatic heterocycles. The smallest absolute Gasteiger partial charge is 0.309 e. The predicted octanol–water partition coefficient (Wildman–Crippen LogP) is 4.55. The van der Waals surface area contributed by atoms with E-state index in [4.69, 9.17) is 14.2 Å². The molecule has 1 amide bonds. The molecule has 1 N–H and O–H groups in total. The number of likely N-dealkylation sites (N-methyl/N-ethyl adjacent to an activating group) is 1. The normalized spacial score (nSPS) is 14.5.